The van der Waals surface area contributed by atoms with E-state index in [2.05, 4.69) is 20.6 Å². The van der Waals surface area contributed by atoms with Gasteiger partial charge >= 0.3 is 0 Å². The van der Waals surface area contributed by atoms with E-state index in [0.717, 1.165) is 16.9 Å². The number of carbonyl (C=O) groups excluding carboxylic acids is 2. The summed E-state index contributed by atoms with van der Waals surface area (Å²) in [6.45, 7) is 3.40. The molecule has 136 valence electrons. The maximum atomic E-state index is 12.3. The number of amides is 1. The molecule has 0 spiro atoms. The third-order valence-electron chi connectivity index (χ3n) is 3.97. The van der Waals surface area contributed by atoms with Gasteiger partial charge in [0.05, 0.1) is 17.9 Å². The molecule has 0 fully saturated rings. The molecule has 0 saturated heterocycles. The number of aromatic nitrogens is 2. The molecule has 6 nitrogen and oxygen atoms in total. The van der Waals surface area contributed by atoms with E-state index >= 15 is 0 Å². The Morgan fingerprint density at radius 1 is 1.04 bits per heavy atom. The molecule has 0 saturated carbocycles. The Labute approximate surface area is 157 Å². The lowest BCUT2D eigenvalue weighted by atomic mass is 10.1. The first-order valence-corrected chi connectivity index (χ1v) is 8.57. The third-order valence-corrected chi connectivity index (χ3v) is 3.97. The number of hydrogen-bond donors (Lipinski definition) is 2. The number of ketones is 1. The van der Waals surface area contributed by atoms with Crippen molar-refractivity contribution in [3.63, 3.8) is 0 Å². The molecule has 3 aromatic rings. The van der Waals surface area contributed by atoms with E-state index in [-0.39, 0.29) is 18.2 Å². The SMILES string of the molecule is CC(=O)c1ccccc1NC(=O)CNc1cccc(-c2ccnc(C)n2)c1. The third kappa shape index (κ3) is 4.76. The molecule has 1 aromatic heterocycles. The standard InChI is InChI=1S/C21H20N4O2/c1-14(26)18-8-3-4-9-20(18)25-21(27)13-23-17-7-5-6-16(12-17)19-10-11-22-15(2)24-19/h3-12,23H,13H2,1-2H3,(H,25,27). The van der Waals surface area contributed by atoms with Gasteiger partial charge in [-0.25, -0.2) is 9.97 Å². The Kier molecular flexibility index (Phi) is 5.56. The number of rotatable bonds is 6. The Hall–Kier alpha value is -3.54. The molecule has 0 radical (unpaired) electrons. The van der Waals surface area contributed by atoms with Crippen LogP contribution in [0, 0.1) is 6.92 Å². The van der Waals surface area contributed by atoms with Crippen molar-refractivity contribution in [2.45, 2.75) is 13.8 Å². The molecule has 1 amide bonds. The average molecular weight is 360 g/mol. The van der Waals surface area contributed by atoms with Gasteiger partial charge < -0.3 is 10.6 Å². The fourth-order valence-electron chi connectivity index (χ4n) is 2.68. The van der Waals surface area contributed by atoms with Gasteiger partial charge in [0.25, 0.3) is 0 Å². The van der Waals surface area contributed by atoms with Crippen LogP contribution in [-0.4, -0.2) is 28.2 Å². The van der Waals surface area contributed by atoms with Crippen LogP contribution in [0.5, 0.6) is 0 Å². The topological polar surface area (TPSA) is 84.0 Å². The summed E-state index contributed by atoms with van der Waals surface area (Å²) in [7, 11) is 0. The largest absolute Gasteiger partial charge is 0.376 e. The number of Topliss-reactive ketones (excluding diaryl/α,β-unsaturated/α-hetero) is 1. The lowest BCUT2D eigenvalue weighted by molar-refractivity contribution is -0.114. The van der Waals surface area contributed by atoms with Gasteiger partial charge in [-0.15, -0.1) is 0 Å². The normalized spacial score (nSPS) is 10.3. The average Bonchev–Trinajstić information content (AvgIpc) is 2.67. The second-order valence-corrected chi connectivity index (χ2v) is 6.07. The first-order valence-electron chi connectivity index (χ1n) is 8.57. The number of benzene rings is 2. The minimum absolute atomic E-state index is 0.0818. The van der Waals surface area contributed by atoms with Gasteiger partial charge in [-0.05, 0) is 44.2 Å². The van der Waals surface area contributed by atoms with Crippen molar-refractivity contribution >= 4 is 23.1 Å². The van der Waals surface area contributed by atoms with Crippen LogP contribution in [0.1, 0.15) is 23.1 Å². The van der Waals surface area contributed by atoms with Crippen LogP contribution in [0.3, 0.4) is 0 Å². The van der Waals surface area contributed by atoms with Crippen molar-refractivity contribution < 1.29 is 9.59 Å². The van der Waals surface area contributed by atoms with E-state index in [1.54, 1.807) is 30.5 Å². The molecule has 0 unspecified atom stereocenters. The van der Waals surface area contributed by atoms with Gasteiger partial charge in [-0.1, -0.05) is 24.3 Å². The Bertz CT molecular complexity index is 985. The molecule has 27 heavy (non-hydrogen) atoms. The predicted molar refractivity (Wildman–Crippen MR) is 106 cm³/mol. The zero-order valence-electron chi connectivity index (χ0n) is 15.2. The smallest absolute Gasteiger partial charge is 0.243 e. The first-order chi connectivity index (χ1) is 13.0. The molecule has 0 bridgehead atoms. The molecular weight excluding hydrogens is 340 g/mol. The van der Waals surface area contributed by atoms with Crippen molar-refractivity contribution in [2.24, 2.45) is 0 Å². The number of nitrogens with one attached hydrogen (secondary N) is 2. The monoisotopic (exact) mass is 360 g/mol. The van der Waals surface area contributed by atoms with Gasteiger partial charge in [0.2, 0.25) is 5.91 Å². The zero-order chi connectivity index (χ0) is 19.2. The Balaban J connectivity index is 1.66. The number of aryl methyl sites for hydroxylation is 1. The van der Waals surface area contributed by atoms with Gasteiger partial charge in [0.15, 0.2) is 5.78 Å². The Morgan fingerprint density at radius 2 is 1.85 bits per heavy atom. The fourth-order valence-corrected chi connectivity index (χ4v) is 2.68. The van der Waals surface area contributed by atoms with E-state index in [4.69, 9.17) is 0 Å². The molecule has 1 heterocycles. The summed E-state index contributed by atoms with van der Waals surface area (Å²) in [4.78, 5) is 32.4. The summed E-state index contributed by atoms with van der Waals surface area (Å²) in [5, 5.41) is 5.87. The van der Waals surface area contributed by atoms with Crippen LogP contribution in [0.25, 0.3) is 11.3 Å². The fraction of sp³-hybridized carbons (Fsp3) is 0.143. The molecule has 0 atom stereocenters. The van der Waals surface area contributed by atoms with Crippen molar-refractivity contribution in [1.29, 1.82) is 0 Å². The van der Waals surface area contributed by atoms with Crippen LogP contribution in [0.2, 0.25) is 0 Å². The summed E-state index contributed by atoms with van der Waals surface area (Å²) >= 11 is 0. The molecule has 2 aromatic carbocycles. The molecule has 0 aliphatic carbocycles. The molecule has 0 aliphatic rings. The van der Waals surface area contributed by atoms with Crippen molar-refractivity contribution in [3.8, 4) is 11.3 Å². The van der Waals surface area contributed by atoms with Crippen LogP contribution >= 0.6 is 0 Å². The molecule has 6 heteroatoms. The highest BCUT2D eigenvalue weighted by atomic mass is 16.2. The van der Waals surface area contributed by atoms with Crippen LogP contribution in [-0.2, 0) is 4.79 Å². The minimum Gasteiger partial charge on any atom is -0.376 e. The van der Waals surface area contributed by atoms with Crippen LogP contribution in [0.4, 0.5) is 11.4 Å². The second kappa shape index (κ2) is 8.23. The lowest BCUT2D eigenvalue weighted by Crippen LogP contribution is -2.22. The molecular formula is C21H20N4O2. The van der Waals surface area contributed by atoms with E-state index in [1.807, 2.05) is 37.3 Å². The molecule has 2 N–H and O–H groups in total. The number of carbonyl (C=O) groups is 2. The number of para-hydroxylation sites is 1. The number of hydrogen-bond acceptors (Lipinski definition) is 5. The number of anilines is 2. The molecule has 0 aliphatic heterocycles. The van der Waals surface area contributed by atoms with Gasteiger partial charge in [-0.2, -0.15) is 0 Å². The van der Waals surface area contributed by atoms with Gasteiger partial charge in [0, 0.05) is 23.0 Å². The van der Waals surface area contributed by atoms with E-state index in [0.29, 0.717) is 17.1 Å². The zero-order valence-corrected chi connectivity index (χ0v) is 15.2. The Morgan fingerprint density at radius 3 is 2.63 bits per heavy atom. The van der Waals surface area contributed by atoms with Gasteiger partial charge in [-0.3, -0.25) is 9.59 Å². The summed E-state index contributed by atoms with van der Waals surface area (Å²) in [6.07, 6.45) is 1.72. The van der Waals surface area contributed by atoms with E-state index in [1.165, 1.54) is 6.92 Å². The van der Waals surface area contributed by atoms with E-state index < -0.39 is 0 Å². The number of nitrogens with zero attached hydrogens (tertiary/aromatic N) is 2. The maximum Gasteiger partial charge on any atom is 0.243 e. The lowest BCUT2D eigenvalue weighted by Gasteiger charge is -2.11. The molecule has 3 rings (SSSR count). The maximum absolute atomic E-state index is 12.3. The van der Waals surface area contributed by atoms with Crippen molar-refractivity contribution in [3.05, 3.63) is 72.2 Å². The summed E-state index contributed by atoms with van der Waals surface area (Å²) in [6, 6.07) is 16.5. The second-order valence-electron chi connectivity index (χ2n) is 6.07. The first kappa shape index (κ1) is 18.3. The summed E-state index contributed by atoms with van der Waals surface area (Å²) in [5.41, 5.74) is 3.58. The van der Waals surface area contributed by atoms with Crippen LogP contribution < -0.4 is 10.6 Å². The highest BCUT2D eigenvalue weighted by molar-refractivity contribution is 6.04. The highest BCUT2D eigenvalue weighted by Crippen LogP contribution is 2.21. The highest BCUT2D eigenvalue weighted by Gasteiger charge is 2.09. The van der Waals surface area contributed by atoms with E-state index in [9.17, 15) is 9.59 Å². The summed E-state index contributed by atoms with van der Waals surface area (Å²) in [5.74, 6) is 0.382. The minimum atomic E-state index is -0.230. The van der Waals surface area contributed by atoms with Crippen molar-refractivity contribution in [1.82, 2.24) is 9.97 Å². The van der Waals surface area contributed by atoms with Gasteiger partial charge in [0.1, 0.15) is 5.82 Å². The van der Waals surface area contributed by atoms with Crippen LogP contribution in [0.15, 0.2) is 60.8 Å². The summed E-state index contributed by atoms with van der Waals surface area (Å²) < 4.78 is 0. The van der Waals surface area contributed by atoms with Crippen molar-refractivity contribution in [2.75, 3.05) is 17.2 Å². The predicted octanol–water partition coefficient (Wildman–Crippen LogP) is 3.71. The quantitative estimate of drug-likeness (QED) is 0.655.